The lowest BCUT2D eigenvalue weighted by Gasteiger charge is -2.28. The molecule has 0 spiro atoms. The van der Waals surface area contributed by atoms with Crippen molar-refractivity contribution in [1.82, 2.24) is 0 Å². The van der Waals surface area contributed by atoms with Crippen molar-refractivity contribution in [2.45, 2.75) is 45.1 Å². The molecule has 0 N–H and O–H groups in total. The topological polar surface area (TPSA) is 26.3 Å². The van der Waals surface area contributed by atoms with E-state index in [0.717, 1.165) is 37.7 Å². The lowest BCUT2D eigenvalue weighted by molar-refractivity contribution is -0.161. The molecule has 1 heterocycles. The van der Waals surface area contributed by atoms with Gasteiger partial charge in [-0.15, -0.1) is 0 Å². The Morgan fingerprint density at radius 1 is 1.24 bits per heavy atom. The van der Waals surface area contributed by atoms with Crippen LogP contribution in [0.5, 0.6) is 0 Å². The van der Waals surface area contributed by atoms with Gasteiger partial charge in [-0.3, -0.25) is 4.79 Å². The molecule has 1 aromatic rings. The van der Waals surface area contributed by atoms with Crippen molar-refractivity contribution in [3.63, 3.8) is 0 Å². The van der Waals surface area contributed by atoms with Crippen LogP contribution in [0.4, 0.5) is 0 Å². The minimum atomic E-state index is -0.0263. The summed E-state index contributed by atoms with van der Waals surface area (Å²) in [5, 5.41) is 0. The van der Waals surface area contributed by atoms with Gasteiger partial charge in [-0.1, -0.05) is 50.1 Å². The number of rotatable bonds is 4. The van der Waals surface area contributed by atoms with E-state index in [1.165, 1.54) is 0 Å². The van der Waals surface area contributed by atoms with Crippen LogP contribution in [0.2, 0.25) is 0 Å². The van der Waals surface area contributed by atoms with Gasteiger partial charge in [-0.05, 0) is 24.8 Å². The second-order valence-corrected chi connectivity index (χ2v) is 4.75. The SMILES string of the molecule is CCCCC1CCC(c2ccccc2)OC1=O. The highest BCUT2D eigenvalue weighted by atomic mass is 16.5. The molecule has 1 aromatic carbocycles. The Morgan fingerprint density at radius 2 is 2.00 bits per heavy atom. The van der Waals surface area contributed by atoms with Crippen molar-refractivity contribution >= 4 is 5.97 Å². The fraction of sp³-hybridized carbons (Fsp3) is 0.533. The first-order valence-corrected chi connectivity index (χ1v) is 6.56. The van der Waals surface area contributed by atoms with Crippen LogP contribution < -0.4 is 0 Å². The summed E-state index contributed by atoms with van der Waals surface area (Å²) in [4.78, 5) is 11.9. The molecule has 2 rings (SSSR count). The van der Waals surface area contributed by atoms with E-state index in [1.807, 2.05) is 30.3 Å². The Bertz CT molecular complexity index is 358. The van der Waals surface area contributed by atoms with Gasteiger partial charge in [0, 0.05) is 0 Å². The van der Waals surface area contributed by atoms with Crippen molar-refractivity contribution < 1.29 is 9.53 Å². The molecule has 0 saturated carbocycles. The van der Waals surface area contributed by atoms with E-state index in [0.29, 0.717) is 0 Å². The molecule has 0 amide bonds. The van der Waals surface area contributed by atoms with Crippen molar-refractivity contribution in [3.8, 4) is 0 Å². The number of ether oxygens (including phenoxy) is 1. The number of hydrogen-bond acceptors (Lipinski definition) is 2. The Morgan fingerprint density at radius 3 is 2.65 bits per heavy atom. The molecular weight excluding hydrogens is 212 g/mol. The molecule has 1 aliphatic rings. The quantitative estimate of drug-likeness (QED) is 0.736. The molecule has 0 aliphatic carbocycles. The number of unbranched alkanes of at least 4 members (excludes halogenated alkanes) is 1. The first-order valence-electron chi connectivity index (χ1n) is 6.56. The van der Waals surface area contributed by atoms with Gasteiger partial charge in [0.1, 0.15) is 6.10 Å². The molecule has 2 heteroatoms. The van der Waals surface area contributed by atoms with Crippen LogP contribution in [0.1, 0.15) is 50.7 Å². The van der Waals surface area contributed by atoms with Crippen LogP contribution >= 0.6 is 0 Å². The van der Waals surface area contributed by atoms with Gasteiger partial charge in [0.15, 0.2) is 0 Å². The van der Waals surface area contributed by atoms with E-state index in [9.17, 15) is 4.79 Å². The summed E-state index contributed by atoms with van der Waals surface area (Å²) in [6.07, 6.45) is 5.16. The van der Waals surface area contributed by atoms with E-state index in [1.54, 1.807) is 0 Å². The number of hydrogen-bond donors (Lipinski definition) is 0. The number of carbonyl (C=O) groups excluding carboxylic acids is 1. The van der Waals surface area contributed by atoms with E-state index in [-0.39, 0.29) is 18.0 Å². The molecule has 0 bridgehead atoms. The number of carbonyl (C=O) groups is 1. The predicted molar refractivity (Wildman–Crippen MR) is 67.5 cm³/mol. The minimum absolute atomic E-state index is 0.00134. The number of cyclic esters (lactones) is 1. The first kappa shape index (κ1) is 12.2. The maximum absolute atomic E-state index is 11.9. The highest BCUT2D eigenvalue weighted by Crippen LogP contribution is 2.33. The van der Waals surface area contributed by atoms with Gasteiger partial charge in [0.05, 0.1) is 5.92 Å². The third-order valence-corrected chi connectivity index (χ3v) is 3.45. The van der Waals surface area contributed by atoms with E-state index in [2.05, 4.69) is 6.92 Å². The highest BCUT2D eigenvalue weighted by molar-refractivity contribution is 5.73. The largest absolute Gasteiger partial charge is 0.457 e. The van der Waals surface area contributed by atoms with Gasteiger partial charge in [0.25, 0.3) is 0 Å². The molecule has 1 fully saturated rings. The van der Waals surface area contributed by atoms with Crippen LogP contribution in [0.25, 0.3) is 0 Å². The Hall–Kier alpha value is -1.31. The lowest BCUT2D eigenvalue weighted by atomic mass is 9.91. The summed E-state index contributed by atoms with van der Waals surface area (Å²) in [5.74, 6) is 0.133. The Labute approximate surface area is 103 Å². The Kier molecular flexibility index (Phi) is 4.18. The molecule has 2 nitrogen and oxygen atoms in total. The van der Waals surface area contributed by atoms with Crippen molar-refractivity contribution in [1.29, 1.82) is 0 Å². The molecule has 17 heavy (non-hydrogen) atoms. The standard InChI is InChI=1S/C15H20O2/c1-2-3-7-13-10-11-14(17-15(13)16)12-8-5-4-6-9-12/h4-6,8-9,13-14H,2-3,7,10-11H2,1H3. The fourth-order valence-electron chi connectivity index (χ4n) is 2.38. The Balaban J connectivity index is 1.93. The fourth-order valence-corrected chi connectivity index (χ4v) is 2.38. The molecule has 2 atom stereocenters. The average molecular weight is 232 g/mol. The average Bonchev–Trinajstić information content (AvgIpc) is 2.38. The van der Waals surface area contributed by atoms with Gasteiger partial charge in [-0.2, -0.15) is 0 Å². The van der Waals surface area contributed by atoms with Gasteiger partial charge in [-0.25, -0.2) is 0 Å². The minimum Gasteiger partial charge on any atom is -0.457 e. The zero-order valence-corrected chi connectivity index (χ0v) is 10.4. The smallest absolute Gasteiger partial charge is 0.309 e. The van der Waals surface area contributed by atoms with Gasteiger partial charge in [0.2, 0.25) is 0 Å². The second-order valence-electron chi connectivity index (χ2n) is 4.75. The molecule has 0 aromatic heterocycles. The summed E-state index contributed by atoms with van der Waals surface area (Å²) >= 11 is 0. The summed E-state index contributed by atoms with van der Waals surface area (Å²) in [6, 6.07) is 10.0. The molecule has 2 unspecified atom stereocenters. The van der Waals surface area contributed by atoms with Crippen LogP contribution in [0.15, 0.2) is 30.3 Å². The number of benzene rings is 1. The summed E-state index contributed by atoms with van der Waals surface area (Å²) in [7, 11) is 0. The highest BCUT2D eigenvalue weighted by Gasteiger charge is 2.30. The van der Waals surface area contributed by atoms with Crippen molar-refractivity contribution in [3.05, 3.63) is 35.9 Å². The van der Waals surface area contributed by atoms with Crippen LogP contribution in [0.3, 0.4) is 0 Å². The second kappa shape index (κ2) is 5.85. The zero-order chi connectivity index (χ0) is 12.1. The third-order valence-electron chi connectivity index (χ3n) is 3.45. The molecule has 1 aliphatic heterocycles. The zero-order valence-electron chi connectivity index (χ0n) is 10.4. The van der Waals surface area contributed by atoms with E-state index < -0.39 is 0 Å². The molecular formula is C15H20O2. The molecule has 0 radical (unpaired) electrons. The van der Waals surface area contributed by atoms with Crippen molar-refractivity contribution in [2.75, 3.05) is 0 Å². The summed E-state index contributed by atoms with van der Waals surface area (Å²) < 4.78 is 5.54. The summed E-state index contributed by atoms with van der Waals surface area (Å²) in [5.41, 5.74) is 1.12. The first-order chi connectivity index (χ1) is 8.31. The van der Waals surface area contributed by atoms with E-state index in [4.69, 9.17) is 4.74 Å². The molecule has 1 saturated heterocycles. The maximum atomic E-state index is 11.9. The van der Waals surface area contributed by atoms with Crippen LogP contribution in [-0.2, 0) is 9.53 Å². The monoisotopic (exact) mass is 232 g/mol. The predicted octanol–water partition coefficient (Wildman–Crippen LogP) is 3.87. The molecule has 92 valence electrons. The lowest BCUT2D eigenvalue weighted by Crippen LogP contribution is -2.26. The van der Waals surface area contributed by atoms with Gasteiger partial charge < -0.3 is 4.74 Å². The van der Waals surface area contributed by atoms with E-state index >= 15 is 0 Å². The third kappa shape index (κ3) is 3.09. The normalized spacial score (nSPS) is 24.4. The van der Waals surface area contributed by atoms with Crippen LogP contribution in [0, 0.1) is 5.92 Å². The number of esters is 1. The summed E-state index contributed by atoms with van der Waals surface area (Å²) in [6.45, 7) is 2.15. The maximum Gasteiger partial charge on any atom is 0.309 e. The van der Waals surface area contributed by atoms with Crippen molar-refractivity contribution in [2.24, 2.45) is 5.92 Å². The van der Waals surface area contributed by atoms with Crippen LogP contribution in [-0.4, -0.2) is 5.97 Å². The van der Waals surface area contributed by atoms with Gasteiger partial charge >= 0.3 is 5.97 Å².